The Hall–Kier alpha value is -0.370. The Kier molecular flexibility index (Phi) is 3.71. The molecular weight excluding hydrogens is 174 g/mol. The van der Waals surface area contributed by atoms with Gasteiger partial charge in [-0.3, -0.25) is 4.90 Å². The molecule has 2 heteroatoms. The van der Waals surface area contributed by atoms with Crippen molar-refractivity contribution in [1.82, 2.24) is 4.90 Å². The van der Waals surface area contributed by atoms with Crippen LogP contribution in [-0.4, -0.2) is 30.3 Å². The Bertz CT molecular complexity index is 194. The lowest BCUT2D eigenvalue weighted by molar-refractivity contribution is -0.115. The summed E-state index contributed by atoms with van der Waals surface area (Å²) < 4.78 is 0. The van der Waals surface area contributed by atoms with Gasteiger partial charge in [0, 0.05) is 24.5 Å². The highest BCUT2D eigenvalue weighted by Crippen LogP contribution is 2.31. The van der Waals surface area contributed by atoms with Gasteiger partial charge in [-0.1, -0.05) is 13.8 Å². The van der Waals surface area contributed by atoms with E-state index >= 15 is 0 Å². The van der Waals surface area contributed by atoms with Crippen LogP contribution in [0.2, 0.25) is 0 Å². The van der Waals surface area contributed by atoms with E-state index in [1.54, 1.807) is 0 Å². The second-order valence-corrected chi connectivity index (χ2v) is 5.57. The average molecular weight is 197 g/mol. The first kappa shape index (κ1) is 11.7. The van der Waals surface area contributed by atoms with Gasteiger partial charge in [-0.25, -0.2) is 0 Å². The lowest BCUT2D eigenvalue weighted by Crippen LogP contribution is -2.40. The maximum absolute atomic E-state index is 10.9. The third-order valence-electron chi connectivity index (χ3n) is 2.85. The quantitative estimate of drug-likeness (QED) is 0.609. The molecule has 0 aromatic carbocycles. The molecule has 0 spiro atoms. The summed E-state index contributed by atoms with van der Waals surface area (Å²) in [5.41, 5.74) is -0.195. The Morgan fingerprint density at radius 3 is 2.36 bits per heavy atom. The number of rotatable bonds is 6. The van der Waals surface area contributed by atoms with Crippen LogP contribution in [0.4, 0.5) is 0 Å². The Morgan fingerprint density at radius 1 is 1.43 bits per heavy atom. The fourth-order valence-corrected chi connectivity index (χ4v) is 1.65. The van der Waals surface area contributed by atoms with E-state index in [1.807, 2.05) is 13.8 Å². The predicted octanol–water partition coefficient (Wildman–Crippen LogP) is 2.33. The zero-order valence-electron chi connectivity index (χ0n) is 9.92. The Labute approximate surface area is 87.7 Å². The summed E-state index contributed by atoms with van der Waals surface area (Å²) in [6.45, 7) is 10.5. The highest BCUT2D eigenvalue weighted by molar-refractivity contribution is 5.58. The lowest BCUT2D eigenvalue weighted by Gasteiger charge is -2.32. The molecule has 0 heterocycles. The van der Waals surface area contributed by atoms with E-state index in [1.165, 1.54) is 19.4 Å². The zero-order valence-corrected chi connectivity index (χ0v) is 9.92. The van der Waals surface area contributed by atoms with Gasteiger partial charge in [-0.2, -0.15) is 0 Å². The van der Waals surface area contributed by atoms with Gasteiger partial charge < -0.3 is 4.79 Å². The van der Waals surface area contributed by atoms with Crippen LogP contribution in [0, 0.1) is 11.3 Å². The standard InChI is InChI=1S/C12H23NO/c1-10(2)13(7-11-5-6-11)8-12(3,4)9-14/h9-11H,5-8H2,1-4H3. The van der Waals surface area contributed by atoms with Crippen molar-refractivity contribution in [2.75, 3.05) is 13.1 Å². The second-order valence-electron chi connectivity index (χ2n) is 5.57. The van der Waals surface area contributed by atoms with Crippen molar-refractivity contribution < 1.29 is 4.79 Å². The van der Waals surface area contributed by atoms with E-state index in [2.05, 4.69) is 18.7 Å². The van der Waals surface area contributed by atoms with E-state index in [0.29, 0.717) is 6.04 Å². The lowest BCUT2D eigenvalue weighted by atomic mass is 9.94. The molecule has 0 unspecified atom stereocenters. The number of carbonyl (C=O) groups is 1. The highest BCUT2D eigenvalue weighted by Gasteiger charge is 2.29. The summed E-state index contributed by atoms with van der Waals surface area (Å²) in [5, 5.41) is 0. The van der Waals surface area contributed by atoms with Crippen molar-refractivity contribution in [3.63, 3.8) is 0 Å². The molecule has 0 saturated heterocycles. The van der Waals surface area contributed by atoms with E-state index in [0.717, 1.165) is 18.7 Å². The predicted molar refractivity (Wildman–Crippen MR) is 59.3 cm³/mol. The van der Waals surface area contributed by atoms with Gasteiger partial charge in [0.25, 0.3) is 0 Å². The van der Waals surface area contributed by atoms with Crippen LogP contribution < -0.4 is 0 Å². The summed E-state index contributed by atoms with van der Waals surface area (Å²) in [6.07, 6.45) is 3.84. The SMILES string of the molecule is CC(C)N(CC1CC1)CC(C)(C)C=O. The molecule has 0 bridgehead atoms. The summed E-state index contributed by atoms with van der Waals surface area (Å²) in [4.78, 5) is 13.3. The van der Waals surface area contributed by atoms with Crippen molar-refractivity contribution in [3.05, 3.63) is 0 Å². The zero-order chi connectivity index (χ0) is 10.8. The summed E-state index contributed by atoms with van der Waals surface area (Å²) in [6, 6.07) is 0.551. The summed E-state index contributed by atoms with van der Waals surface area (Å²) >= 11 is 0. The minimum Gasteiger partial charge on any atom is -0.303 e. The van der Waals surface area contributed by atoms with E-state index < -0.39 is 0 Å². The number of hydrogen-bond donors (Lipinski definition) is 0. The number of nitrogens with zero attached hydrogens (tertiary/aromatic N) is 1. The molecule has 1 rings (SSSR count). The van der Waals surface area contributed by atoms with Crippen molar-refractivity contribution in [2.45, 2.75) is 46.6 Å². The molecule has 0 aromatic rings. The highest BCUT2D eigenvalue weighted by atomic mass is 16.1. The van der Waals surface area contributed by atoms with Crippen LogP contribution in [0.15, 0.2) is 0 Å². The number of hydrogen-bond acceptors (Lipinski definition) is 2. The van der Waals surface area contributed by atoms with Crippen molar-refractivity contribution in [1.29, 1.82) is 0 Å². The van der Waals surface area contributed by atoms with Crippen LogP contribution in [0.3, 0.4) is 0 Å². The largest absolute Gasteiger partial charge is 0.303 e. The summed E-state index contributed by atoms with van der Waals surface area (Å²) in [7, 11) is 0. The van der Waals surface area contributed by atoms with Crippen LogP contribution in [0.25, 0.3) is 0 Å². The van der Waals surface area contributed by atoms with Crippen LogP contribution in [0.1, 0.15) is 40.5 Å². The van der Waals surface area contributed by atoms with Gasteiger partial charge in [-0.15, -0.1) is 0 Å². The molecule has 1 saturated carbocycles. The normalized spacial score (nSPS) is 17.9. The van der Waals surface area contributed by atoms with E-state index in [4.69, 9.17) is 0 Å². The first-order chi connectivity index (χ1) is 6.44. The summed E-state index contributed by atoms with van der Waals surface area (Å²) in [5.74, 6) is 0.903. The fraction of sp³-hybridized carbons (Fsp3) is 0.917. The van der Waals surface area contributed by atoms with Crippen molar-refractivity contribution >= 4 is 6.29 Å². The maximum atomic E-state index is 10.9. The second kappa shape index (κ2) is 4.43. The molecule has 0 atom stereocenters. The minimum absolute atomic E-state index is 0.195. The van der Waals surface area contributed by atoms with Crippen LogP contribution in [-0.2, 0) is 4.79 Å². The molecule has 0 aromatic heterocycles. The monoisotopic (exact) mass is 197 g/mol. The van der Waals surface area contributed by atoms with Gasteiger partial charge in [0.2, 0.25) is 0 Å². The molecule has 0 amide bonds. The first-order valence-electron chi connectivity index (χ1n) is 5.65. The van der Waals surface area contributed by atoms with Gasteiger partial charge in [0.15, 0.2) is 0 Å². The molecule has 14 heavy (non-hydrogen) atoms. The van der Waals surface area contributed by atoms with E-state index in [-0.39, 0.29) is 5.41 Å². The molecule has 82 valence electrons. The van der Waals surface area contributed by atoms with Gasteiger partial charge >= 0.3 is 0 Å². The molecule has 1 fully saturated rings. The molecular formula is C12H23NO. The van der Waals surface area contributed by atoms with Gasteiger partial charge in [0.05, 0.1) is 0 Å². The molecule has 0 aliphatic heterocycles. The smallest absolute Gasteiger partial charge is 0.126 e. The molecule has 2 nitrogen and oxygen atoms in total. The van der Waals surface area contributed by atoms with Crippen LogP contribution in [0.5, 0.6) is 0 Å². The Morgan fingerprint density at radius 2 is 2.00 bits per heavy atom. The van der Waals surface area contributed by atoms with Crippen molar-refractivity contribution in [3.8, 4) is 0 Å². The maximum Gasteiger partial charge on any atom is 0.126 e. The average Bonchev–Trinajstić information content (AvgIpc) is 2.86. The molecule has 0 radical (unpaired) electrons. The molecule has 1 aliphatic rings. The Balaban J connectivity index is 2.44. The third kappa shape index (κ3) is 3.79. The topological polar surface area (TPSA) is 20.3 Å². The van der Waals surface area contributed by atoms with Gasteiger partial charge in [0.1, 0.15) is 6.29 Å². The number of aldehydes is 1. The number of carbonyl (C=O) groups excluding carboxylic acids is 1. The van der Waals surface area contributed by atoms with Crippen molar-refractivity contribution in [2.24, 2.45) is 11.3 Å². The first-order valence-corrected chi connectivity index (χ1v) is 5.65. The molecule has 0 N–H and O–H groups in total. The fourth-order valence-electron chi connectivity index (χ4n) is 1.65. The molecule has 1 aliphatic carbocycles. The van der Waals surface area contributed by atoms with Crippen LogP contribution >= 0.6 is 0 Å². The van der Waals surface area contributed by atoms with Gasteiger partial charge in [-0.05, 0) is 32.6 Å². The minimum atomic E-state index is -0.195. The van der Waals surface area contributed by atoms with E-state index in [9.17, 15) is 4.79 Å². The third-order valence-corrected chi connectivity index (χ3v) is 2.85.